The van der Waals surface area contributed by atoms with Crippen LogP contribution in [0.1, 0.15) is 63.6 Å². The van der Waals surface area contributed by atoms with Gasteiger partial charge in [0.25, 0.3) is 5.69 Å². The van der Waals surface area contributed by atoms with Crippen molar-refractivity contribution >= 4 is 29.4 Å². The molecule has 42 heavy (non-hydrogen) atoms. The summed E-state index contributed by atoms with van der Waals surface area (Å²) in [6, 6.07) is 12.4. The summed E-state index contributed by atoms with van der Waals surface area (Å²) in [6.45, 7) is 13.8. The fourth-order valence-corrected chi connectivity index (χ4v) is 6.05. The second-order valence-electron chi connectivity index (χ2n) is 11.7. The van der Waals surface area contributed by atoms with Crippen LogP contribution in [0.25, 0.3) is 0 Å². The van der Waals surface area contributed by atoms with E-state index in [0.29, 0.717) is 23.4 Å². The van der Waals surface area contributed by atoms with Crippen LogP contribution >= 0.6 is 11.8 Å². The lowest BCUT2D eigenvalue weighted by atomic mass is 9.80. The Balaban J connectivity index is 1.58. The number of allylic oxidation sites excluding steroid dienone is 2. The van der Waals surface area contributed by atoms with Gasteiger partial charge < -0.3 is 20.1 Å². The third-order valence-corrected chi connectivity index (χ3v) is 8.47. The number of hydrogen-bond acceptors (Lipinski definition) is 8. The van der Waals surface area contributed by atoms with E-state index >= 15 is 0 Å². The van der Waals surface area contributed by atoms with Crippen molar-refractivity contribution in [3.05, 3.63) is 91.8 Å². The number of nitrogens with one attached hydrogen (secondary N) is 1. The van der Waals surface area contributed by atoms with Crippen molar-refractivity contribution in [1.29, 1.82) is 0 Å². The van der Waals surface area contributed by atoms with Crippen molar-refractivity contribution in [2.24, 2.45) is 0 Å². The maximum absolute atomic E-state index is 13.3. The third-order valence-electron chi connectivity index (χ3n) is 7.31. The minimum Gasteiger partial charge on any atom is -0.478 e. The number of esters is 1. The number of carbonyl (C=O) groups is 2. The number of carboxylic acid groups (broad SMARTS) is 1. The summed E-state index contributed by atoms with van der Waals surface area (Å²) in [7, 11) is 2.03. The number of aliphatic carboxylic acids is 1. The van der Waals surface area contributed by atoms with Crippen LogP contribution in [-0.2, 0) is 19.7 Å². The van der Waals surface area contributed by atoms with E-state index in [1.807, 2.05) is 18.8 Å². The average molecular weight is 596 g/mol. The first-order valence-electron chi connectivity index (χ1n) is 14.0. The number of nitro benzene ring substituents is 1. The van der Waals surface area contributed by atoms with Crippen LogP contribution in [0.3, 0.4) is 0 Å². The number of carboxylic acids is 1. The standard InChI is InChI=1S/C32H41N3O6S/c1-20-18-24(32(4,5)6)12-13-26(20)42-17-15-34(7)14-9-16-41-31(38)28-22(3)33-21(2)27(30(36)37)29(28)23-10-8-11-25(19-23)35(39)40/h8,10-13,18-19,29,33H,9,14-17H2,1-7H3,(H,36,37). The molecule has 0 aromatic heterocycles. The van der Waals surface area contributed by atoms with Gasteiger partial charge in [-0.2, -0.15) is 0 Å². The highest BCUT2D eigenvalue weighted by Crippen LogP contribution is 2.39. The van der Waals surface area contributed by atoms with Gasteiger partial charge in [-0.3, -0.25) is 10.1 Å². The van der Waals surface area contributed by atoms with Crippen molar-refractivity contribution in [1.82, 2.24) is 10.2 Å². The van der Waals surface area contributed by atoms with Crippen LogP contribution in [0.15, 0.2) is 69.9 Å². The number of hydrogen-bond donors (Lipinski definition) is 2. The first-order chi connectivity index (χ1) is 19.7. The zero-order chi connectivity index (χ0) is 31.2. The van der Waals surface area contributed by atoms with Crippen LogP contribution in [0.4, 0.5) is 5.69 Å². The van der Waals surface area contributed by atoms with Crippen molar-refractivity contribution in [3.63, 3.8) is 0 Å². The van der Waals surface area contributed by atoms with E-state index in [1.165, 1.54) is 34.2 Å². The first kappa shape index (κ1) is 32.9. The molecule has 0 aliphatic carbocycles. The Labute approximate surface area is 252 Å². The molecule has 0 bridgehead atoms. The van der Waals surface area contributed by atoms with E-state index in [0.717, 1.165) is 18.8 Å². The predicted octanol–water partition coefficient (Wildman–Crippen LogP) is 6.18. The average Bonchev–Trinajstić information content (AvgIpc) is 2.90. The van der Waals surface area contributed by atoms with Crippen molar-refractivity contribution < 1.29 is 24.4 Å². The molecule has 1 unspecified atom stereocenters. The molecule has 2 aromatic rings. The number of nitro groups is 1. The molecule has 2 N–H and O–H groups in total. The molecule has 10 heteroatoms. The number of ether oxygens (including phenoxy) is 1. The molecule has 2 aromatic carbocycles. The Bertz CT molecular complexity index is 1410. The van der Waals surface area contributed by atoms with Gasteiger partial charge in [0.15, 0.2) is 0 Å². The molecule has 226 valence electrons. The fraction of sp³-hybridized carbons (Fsp3) is 0.438. The fourth-order valence-electron chi connectivity index (χ4n) is 4.98. The Morgan fingerprint density at radius 1 is 1.07 bits per heavy atom. The van der Waals surface area contributed by atoms with Gasteiger partial charge in [-0.1, -0.05) is 45.0 Å². The second-order valence-corrected chi connectivity index (χ2v) is 12.8. The summed E-state index contributed by atoms with van der Waals surface area (Å²) < 4.78 is 5.61. The molecule has 0 radical (unpaired) electrons. The summed E-state index contributed by atoms with van der Waals surface area (Å²) in [5, 5.41) is 24.3. The summed E-state index contributed by atoms with van der Waals surface area (Å²) in [6.07, 6.45) is 0.605. The highest BCUT2D eigenvalue weighted by atomic mass is 32.2. The van der Waals surface area contributed by atoms with Gasteiger partial charge in [-0.15, -0.1) is 11.8 Å². The topological polar surface area (TPSA) is 122 Å². The zero-order valence-corrected chi connectivity index (χ0v) is 26.3. The molecule has 1 aliphatic heterocycles. The van der Waals surface area contributed by atoms with E-state index in [2.05, 4.69) is 56.1 Å². The lowest BCUT2D eigenvalue weighted by Gasteiger charge is -2.29. The smallest absolute Gasteiger partial charge is 0.336 e. The lowest BCUT2D eigenvalue weighted by Crippen LogP contribution is -2.32. The lowest BCUT2D eigenvalue weighted by molar-refractivity contribution is -0.384. The Morgan fingerprint density at radius 3 is 2.38 bits per heavy atom. The quantitative estimate of drug-likeness (QED) is 0.0974. The van der Waals surface area contributed by atoms with E-state index < -0.39 is 22.8 Å². The highest BCUT2D eigenvalue weighted by molar-refractivity contribution is 7.99. The molecule has 1 atom stereocenters. The molecule has 0 amide bonds. The van der Waals surface area contributed by atoms with E-state index in [4.69, 9.17) is 4.74 Å². The molecule has 3 rings (SSSR count). The normalized spacial score (nSPS) is 15.6. The van der Waals surface area contributed by atoms with Crippen molar-refractivity contribution in [2.75, 3.05) is 32.5 Å². The van der Waals surface area contributed by atoms with Crippen LogP contribution in [0.5, 0.6) is 0 Å². The minimum absolute atomic E-state index is 0.0476. The zero-order valence-electron chi connectivity index (χ0n) is 25.4. The number of benzene rings is 2. The summed E-state index contributed by atoms with van der Waals surface area (Å²) in [5.74, 6) is -1.93. The third kappa shape index (κ3) is 8.23. The van der Waals surface area contributed by atoms with Gasteiger partial charge in [0, 0.05) is 47.3 Å². The second kappa shape index (κ2) is 14.0. The monoisotopic (exact) mass is 595 g/mol. The van der Waals surface area contributed by atoms with E-state index in [-0.39, 0.29) is 28.9 Å². The van der Waals surface area contributed by atoms with Gasteiger partial charge >= 0.3 is 11.9 Å². The number of non-ortho nitro benzene ring substituents is 1. The van der Waals surface area contributed by atoms with Crippen molar-refractivity contribution in [2.45, 2.75) is 64.2 Å². The molecule has 9 nitrogen and oxygen atoms in total. The SMILES string of the molecule is CC1=C(C(=O)O)C(c2cccc([N+](=O)[O-])c2)C(C(=O)OCCCN(C)CCSc2ccc(C(C)(C)C)cc2C)=C(C)N1. The predicted molar refractivity (Wildman–Crippen MR) is 166 cm³/mol. The van der Waals surface area contributed by atoms with Gasteiger partial charge in [-0.25, -0.2) is 9.59 Å². The molecule has 1 heterocycles. The van der Waals surface area contributed by atoms with Gasteiger partial charge in [-0.05, 0) is 62.4 Å². The molecular weight excluding hydrogens is 554 g/mol. The van der Waals surface area contributed by atoms with Crippen LogP contribution < -0.4 is 5.32 Å². The van der Waals surface area contributed by atoms with Crippen LogP contribution in [0, 0.1) is 17.0 Å². The Hall–Kier alpha value is -3.63. The summed E-state index contributed by atoms with van der Waals surface area (Å²) >= 11 is 1.83. The molecule has 0 saturated carbocycles. The maximum Gasteiger partial charge on any atom is 0.336 e. The molecule has 1 aliphatic rings. The number of rotatable bonds is 12. The van der Waals surface area contributed by atoms with Gasteiger partial charge in [0.1, 0.15) is 0 Å². The number of dihydropyridines is 1. The number of aryl methyl sites for hydroxylation is 1. The molecule has 0 fully saturated rings. The minimum atomic E-state index is -1.21. The summed E-state index contributed by atoms with van der Waals surface area (Å²) in [5.41, 5.74) is 3.80. The number of carbonyl (C=O) groups excluding carboxylic acids is 1. The highest BCUT2D eigenvalue weighted by Gasteiger charge is 2.37. The van der Waals surface area contributed by atoms with Crippen molar-refractivity contribution in [3.8, 4) is 0 Å². The molecular formula is C32H41N3O6S. The first-order valence-corrected chi connectivity index (χ1v) is 14.9. The number of thioether (sulfide) groups is 1. The van der Waals surface area contributed by atoms with E-state index in [9.17, 15) is 24.8 Å². The Kier molecular flexibility index (Phi) is 11.0. The maximum atomic E-state index is 13.3. The molecule has 0 saturated heterocycles. The summed E-state index contributed by atoms with van der Waals surface area (Å²) in [4.78, 5) is 39.8. The largest absolute Gasteiger partial charge is 0.478 e. The van der Waals surface area contributed by atoms with Gasteiger partial charge in [0.2, 0.25) is 0 Å². The van der Waals surface area contributed by atoms with Crippen LogP contribution in [-0.4, -0.2) is 59.4 Å². The van der Waals surface area contributed by atoms with Gasteiger partial charge in [0.05, 0.1) is 28.6 Å². The molecule has 0 spiro atoms. The van der Waals surface area contributed by atoms with Crippen LogP contribution in [0.2, 0.25) is 0 Å². The Morgan fingerprint density at radius 2 is 1.76 bits per heavy atom. The number of nitrogens with zero attached hydrogens (tertiary/aromatic N) is 2. The van der Waals surface area contributed by atoms with E-state index in [1.54, 1.807) is 19.9 Å².